The second-order valence-corrected chi connectivity index (χ2v) is 9.87. The van der Waals surface area contributed by atoms with Gasteiger partial charge in [-0.1, -0.05) is 18.2 Å². The average Bonchev–Trinajstić information content (AvgIpc) is 2.95. The van der Waals surface area contributed by atoms with Gasteiger partial charge in [-0.15, -0.1) is 0 Å². The summed E-state index contributed by atoms with van der Waals surface area (Å²) in [6, 6.07) is 12.5. The minimum atomic E-state index is -1.82. The Hall–Kier alpha value is -3.79. The van der Waals surface area contributed by atoms with Crippen LogP contribution in [0.3, 0.4) is 0 Å². The van der Waals surface area contributed by atoms with Crippen LogP contribution in [0.5, 0.6) is 11.5 Å². The third kappa shape index (κ3) is 7.86. The van der Waals surface area contributed by atoms with Crippen LogP contribution in [-0.4, -0.2) is 91.3 Å². The molecule has 39 heavy (non-hydrogen) atoms. The van der Waals surface area contributed by atoms with Crippen molar-refractivity contribution >= 4 is 23.5 Å². The van der Waals surface area contributed by atoms with Crippen LogP contribution >= 0.6 is 0 Å². The van der Waals surface area contributed by atoms with Crippen LogP contribution in [0.25, 0.3) is 0 Å². The first-order valence-electron chi connectivity index (χ1n) is 13.1. The zero-order valence-electron chi connectivity index (χ0n) is 23.2. The molecular weight excluding hydrogens is 502 g/mol. The summed E-state index contributed by atoms with van der Waals surface area (Å²) < 4.78 is 10.9. The second kappa shape index (κ2) is 13.8. The number of ether oxygens (including phenoxy) is 2. The van der Waals surface area contributed by atoms with Crippen LogP contribution in [0.1, 0.15) is 29.5 Å². The van der Waals surface area contributed by atoms with E-state index in [-0.39, 0.29) is 5.92 Å². The van der Waals surface area contributed by atoms with E-state index in [9.17, 15) is 4.79 Å². The number of carboxylic acids is 2. The Labute approximate surface area is 229 Å². The Morgan fingerprint density at radius 2 is 1.51 bits per heavy atom. The lowest BCUT2D eigenvalue weighted by Gasteiger charge is -2.40. The molecule has 0 spiro atoms. The van der Waals surface area contributed by atoms with Gasteiger partial charge in [0, 0.05) is 56.0 Å². The van der Waals surface area contributed by atoms with Crippen LogP contribution < -0.4 is 14.4 Å². The number of rotatable bonds is 6. The third-order valence-electron chi connectivity index (χ3n) is 7.52. The molecule has 2 aromatic rings. The van der Waals surface area contributed by atoms with Crippen molar-refractivity contribution in [3.63, 3.8) is 0 Å². The molecule has 0 unspecified atom stereocenters. The number of nitrogens with zero attached hydrogens (tertiary/aromatic N) is 3. The van der Waals surface area contributed by atoms with Gasteiger partial charge in [0.25, 0.3) is 0 Å². The molecule has 2 aromatic carbocycles. The highest BCUT2D eigenvalue weighted by molar-refractivity contribution is 6.27. The molecule has 2 N–H and O–H groups in total. The highest BCUT2D eigenvalue weighted by Gasteiger charge is 2.31. The van der Waals surface area contributed by atoms with Crippen LogP contribution in [0, 0.1) is 19.8 Å². The maximum Gasteiger partial charge on any atom is 0.414 e. The number of anilines is 1. The number of piperazine rings is 1. The molecule has 0 atom stereocenters. The van der Waals surface area contributed by atoms with Gasteiger partial charge in [0.15, 0.2) is 0 Å². The summed E-state index contributed by atoms with van der Waals surface area (Å²) in [7, 11) is 3.36. The summed E-state index contributed by atoms with van der Waals surface area (Å²) in [6.07, 6.45) is 1.85. The van der Waals surface area contributed by atoms with Crippen molar-refractivity contribution < 1.29 is 34.1 Å². The SMILES string of the molecule is COc1ccc(CN2CCC(C(=O)N3CCN(c4cccc(C)c4C)CC3)CC2)c(OC)c1.O=C(O)C(=O)O. The maximum atomic E-state index is 13.2. The first kappa shape index (κ1) is 29.8. The smallest absolute Gasteiger partial charge is 0.414 e. The molecule has 212 valence electrons. The summed E-state index contributed by atoms with van der Waals surface area (Å²) in [4.78, 5) is 38.3. The largest absolute Gasteiger partial charge is 0.497 e. The average molecular weight is 542 g/mol. The first-order valence-corrected chi connectivity index (χ1v) is 13.1. The fourth-order valence-electron chi connectivity index (χ4n) is 5.07. The second-order valence-electron chi connectivity index (χ2n) is 9.87. The standard InChI is InChI=1S/C27H37N3O3.C2H2O4/c1-20-6-5-7-25(21(20)2)29-14-16-30(17-15-29)27(31)22-10-12-28(13-11-22)19-23-8-9-24(32-3)18-26(23)33-4;3-1(4)2(5)6/h5-9,18,22H,10-17,19H2,1-4H3;(H,3,4)(H,5,6). The highest BCUT2D eigenvalue weighted by Crippen LogP contribution is 2.29. The first-order chi connectivity index (χ1) is 18.6. The molecule has 2 fully saturated rings. The number of aryl methyl sites for hydroxylation is 1. The van der Waals surface area contributed by atoms with Crippen LogP contribution in [0.4, 0.5) is 5.69 Å². The number of benzene rings is 2. The molecule has 4 rings (SSSR count). The minimum Gasteiger partial charge on any atom is -0.497 e. The normalized spacial score (nSPS) is 16.2. The van der Waals surface area contributed by atoms with Crippen molar-refractivity contribution in [1.29, 1.82) is 0 Å². The maximum absolute atomic E-state index is 13.2. The number of carbonyl (C=O) groups is 3. The lowest BCUT2D eigenvalue weighted by atomic mass is 9.94. The van der Waals surface area contributed by atoms with E-state index in [2.05, 4.69) is 52.8 Å². The Bertz CT molecular complexity index is 1140. The van der Waals surface area contributed by atoms with E-state index in [0.29, 0.717) is 5.91 Å². The van der Waals surface area contributed by atoms with Gasteiger partial charge in [-0.25, -0.2) is 9.59 Å². The molecule has 2 heterocycles. The Kier molecular flexibility index (Phi) is 10.6. The summed E-state index contributed by atoms with van der Waals surface area (Å²) in [5, 5.41) is 14.8. The molecule has 10 heteroatoms. The van der Waals surface area contributed by atoms with Crippen LogP contribution in [-0.2, 0) is 20.9 Å². The fraction of sp³-hybridized carbons (Fsp3) is 0.483. The molecule has 1 amide bonds. The molecule has 0 radical (unpaired) electrons. The summed E-state index contributed by atoms with van der Waals surface area (Å²) in [5.41, 5.74) is 5.14. The number of amides is 1. The molecule has 0 bridgehead atoms. The van der Waals surface area contributed by atoms with Crippen molar-refractivity contribution in [2.75, 3.05) is 58.4 Å². The molecule has 10 nitrogen and oxygen atoms in total. The molecule has 0 aliphatic carbocycles. The molecular formula is C29H39N3O7. The number of hydrogen-bond donors (Lipinski definition) is 2. The summed E-state index contributed by atoms with van der Waals surface area (Å²) >= 11 is 0. The van der Waals surface area contributed by atoms with Gasteiger partial charge < -0.3 is 29.5 Å². The van der Waals surface area contributed by atoms with Gasteiger partial charge in [-0.05, 0) is 63.0 Å². The lowest BCUT2D eigenvalue weighted by molar-refractivity contribution is -0.159. The van der Waals surface area contributed by atoms with E-state index >= 15 is 0 Å². The van der Waals surface area contributed by atoms with Crippen molar-refractivity contribution in [2.45, 2.75) is 33.2 Å². The number of aliphatic carboxylic acids is 2. The van der Waals surface area contributed by atoms with Gasteiger partial charge in [0.05, 0.1) is 14.2 Å². The number of piperidine rings is 1. The predicted molar refractivity (Wildman–Crippen MR) is 148 cm³/mol. The summed E-state index contributed by atoms with van der Waals surface area (Å²) in [5.74, 6) is -1.50. The highest BCUT2D eigenvalue weighted by atomic mass is 16.5. The van der Waals surface area contributed by atoms with Gasteiger partial charge in [-0.3, -0.25) is 9.69 Å². The molecule has 0 aromatic heterocycles. The summed E-state index contributed by atoms with van der Waals surface area (Å²) in [6.45, 7) is 10.5. The quantitative estimate of drug-likeness (QED) is 0.532. The van der Waals surface area contributed by atoms with Gasteiger partial charge in [0.2, 0.25) is 5.91 Å². The number of carbonyl (C=O) groups excluding carboxylic acids is 1. The zero-order chi connectivity index (χ0) is 28.5. The predicted octanol–water partition coefficient (Wildman–Crippen LogP) is 3.04. The van der Waals surface area contributed by atoms with Gasteiger partial charge in [0.1, 0.15) is 11.5 Å². The fourth-order valence-corrected chi connectivity index (χ4v) is 5.07. The monoisotopic (exact) mass is 541 g/mol. The number of methoxy groups -OCH3 is 2. The van der Waals surface area contributed by atoms with E-state index in [1.54, 1.807) is 14.2 Å². The van der Waals surface area contributed by atoms with Crippen molar-refractivity contribution in [3.8, 4) is 11.5 Å². The Balaban J connectivity index is 0.000000631. The zero-order valence-corrected chi connectivity index (χ0v) is 23.2. The third-order valence-corrected chi connectivity index (χ3v) is 7.52. The Morgan fingerprint density at radius 1 is 0.872 bits per heavy atom. The Morgan fingerprint density at radius 3 is 2.08 bits per heavy atom. The number of carboxylic acid groups (broad SMARTS) is 2. The van der Waals surface area contributed by atoms with Crippen molar-refractivity contribution in [2.24, 2.45) is 5.92 Å². The molecule has 2 aliphatic rings. The van der Waals surface area contributed by atoms with Crippen molar-refractivity contribution in [3.05, 3.63) is 53.1 Å². The van der Waals surface area contributed by atoms with Crippen molar-refractivity contribution in [1.82, 2.24) is 9.80 Å². The van der Waals surface area contributed by atoms with E-state index in [1.807, 2.05) is 12.1 Å². The van der Waals surface area contributed by atoms with Gasteiger partial charge >= 0.3 is 11.9 Å². The topological polar surface area (TPSA) is 120 Å². The number of likely N-dealkylation sites (tertiary alicyclic amines) is 1. The van der Waals surface area contributed by atoms with E-state index in [4.69, 9.17) is 29.3 Å². The van der Waals surface area contributed by atoms with E-state index in [0.717, 1.165) is 75.7 Å². The van der Waals surface area contributed by atoms with E-state index < -0.39 is 11.9 Å². The van der Waals surface area contributed by atoms with Crippen LogP contribution in [0.15, 0.2) is 36.4 Å². The lowest BCUT2D eigenvalue weighted by Crippen LogP contribution is -2.51. The number of hydrogen-bond acceptors (Lipinski definition) is 7. The molecule has 0 saturated carbocycles. The van der Waals surface area contributed by atoms with Crippen LogP contribution in [0.2, 0.25) is 0 Å². The van der Waals surface area contributed by atoms with Gasteiger partial charge in [-0.2, -0.15) is 0 Å². The molecule has 2 saturated heterocycles. The minimum absolute atomic E-state index is 0.145. The molecule has 2 aliphatic heterocycles. The van der Waals surface area contributed by atoms with E-state index in [1.165, 1.54) is 16.8 Å².